The van der Waals surface area contributed by atoms with Crippen LogP contribution in [0.4, 0.5) is 18.9 Å². The van der Waals surface area contributed by atoms with Gasteiger partial charge in [-0.3, -0.25) is 4.79 Å². The average Bonchev–Trinajstić information content (AvgIpc) is 2.41. The number of carbonyl (C=O) groups excluding carboxylic acids is 1. The van der Waals surface area contributed by atoms with Crippen LogP contribution < -0.4 is 10.6 Å². The van der Waals surface area contributed by atoms with Gasteiger partial charge in [0.25, 0.3) is 0 Å². The molecule has 2 N–H and O–H groups in total. The maximum Gasteiger partial charge on any atom is 0.416 e. The van der Waals surface area contributed by atoms with Crippen LogP contribution in [-0.2, 0) is 11.0 Å². The number of carbonyl (C=O) groups is 1. The van der Waals surface area contributed by atoms with Gasteiger partial charge in [-0.25, -0.2) is 0 Å². The molecule has 1 atom stereocenters. The van der Waals surface area contributed by atoms with Crippen LogP contribution in [0.25, 0.3) is 0 Å². The standard InChI is InChI=1S/C13H14ClF3N2O/c14-9-7-8(13(15,16)17)4-5-10(9)19-12(20)11-3-1-2-6-18-11/h4-5,7,11,18H,1-3,6H2,(H,19,20)/t11-/m0/s1. The van der Waals surface area contributed by atoms with Gasteiger partial charge in [-0.1, -0.05) is 18.0 Å². The van der Waals surface area contributed by atoms with Crippen LogP contribution in [0.2, 0.25) is 5.02 Å². The van der Waals surface area contributed by atoms with Crippen molar-refractivity contribution in [3.8, 4) is 0 Å². The minimum atomic E-state index is -4.45. The van der Waals surface area contributed by atoms with Gasteiger partial charge < -0.3 is 10.6 Å². The van der Waals surface area contributed by atoms with E-state index >= 15 is 0 Å². The minimum Gasteiger partial charge on any atom is -0.323 e. The number of nitrogens with one attached hydrogen (secondary N) is 2. The first-order valence-corrected chi connectivity index (χ1v) is 6.67. The van der Waals surface area contributed by atoms with Gasteiger partial charge in [0, 0.05) is 0 Å². The predicted octanol–water partition coefficient (Wildman–Crippen LogP) is 3.44. The van der Waals surface area contributed by atoms with E-state index in [1.54, 1.807) is 0 Å². The number of piperidine rings is 1. The fourth-order valence-corrected chi connectivity index (χ4v) is 2.32. The highest BCUT2D eigenvalue weighted by Gasteiger charge is 2.31. The summed E-state index contributed by atoms with van der Waals surface area (Å²) in [4.78, 5) is 11.9. The lowest BCUT2D eigenvalue weighted by atomic mass is 10.0. The third-order valence-corrected chi connectivity index (χ3v) is 3.49. The molecule has 0 radical (unpaired) electrons. The molecule has 1 heterocycles. The summed E-state index contributed by atoms with van der Waals surface area (Å²) >= 11 is 5.78. The van der Waals surface area contributed by atoms with Gasteiger partial charge in [-0.2, -0.15) is 13.2 Å². The first-order chi connectivity index (χ1) is 9.38. The van der Waals surface area contributed by atoms with E-state index in [-0.39, 0.29) is 22.7 Å². The molecule has 1 aliphatic heterocycles. The van der Waals surface area contributed by atoms with Crippen molar-refractivity contribution in [3.63, 3.8) is 0 Å². The van der Waals surface area contributed by atoms with E-state index in [4.69, 9.17) is 11.6 Å². The molecule has 1 saturated heterocycles. The number of alkyl halides is 3. The van der Waals surface area contributed by atoms with Crippen LogP contribution in [0.3, 0.4) is 0 Å². The van der Waals surface area contributed by atoms with Crippen molar-refractivity contribution in [3.05, 3.63) is 28.8 Å². The highest BCUT2D eigenvalue weighted by molar-refractivity contribution is 6.33. The van der Waals surface area contributed by atoms with Gasteiger partial charge in [0.05, 0.1) is 22.3 Å². The summed E-state index contributed by atoms with van der Waals surface area (Å²) in [7, 11) is 0. The summed E-state index contributed by atoms with van der Waals surface area (Å²) in [6, 6.07) is 2.56. The zero-order chi connectivity index (χ0) is 14.8. The molecule has 0 aliphatic carbocycles. The van der Waals surface area contributed by atoms with Gasteiger partial charge in [0.1, 0.15) is 0 Å². The Bertz CT molecular complexity index is 499. The zero-order valence-electron chi connectivity index (χ0n) is 10.6. The monoisotopic (exact) mass is 306 g/mol. The average molecular weight is 307 g/mol. The Hall–Kier alpha value is -1.27. The molecule has 1 aromatic carbocycles. The smallest absolute Gasteiger partial charge is 0.323 e. The first-order valence-electron chi connectivity index (χ1n) is 6.29. The second-order valence-corrected chi connectivity index (χ2v) is 5.09. The summed E-state index contributed by atoms with van der Waals surface area (Å²) < 4.78 is 37.5. The van der Waals surface area contributed by atoms with Crippen LogP contribution in [0.15, 0.2) is 18.2 Å². The number of benzene rings is 1. The Morgan fingerprint density at radius 2 is 2.10 bits per heavy atom. The molecule has 0 bridgehead atoms. The van der Waals surface area contributed by atoms with Gasteiger partial charge in [-0.15, -0.1) is 0 Å². The zero-order valence-corrected chi connectivity index (χ0v) is 11.3. The van der Waals surface area contributed by atoms with Crippen molar-refractivity contribution >= 4 is 23.2 Å². The molecule has 2 rings (SSSR count). The molecule has 0 unspecified atom stereocenters. The third-order valence-electron chi connectivity index (χ3n) is 3.18. The van der Waals surface area contributed by atoms with E-state index in [1.165, 1.54) is 6.07 Å². The van der Waals surface area contributed by atoms with E-state index in [0.29, 0.717) is 6.42 Å². The Morgan fingerprint density at radius 3 is 2.65 bits per heavy atom. The molecule has 1 fully saturated rings. The van der Waals surface area contributed by atoms with E-state index in [2.05, 4.69) is 10.6 Å². The van der Waals surface area contributed by atoms with E-state index in [1.807, 2.05) is 0 Å². The number of amides is 1. The molecule has 3 nitrogen and oxygen atoms in total. The van der Waals surface area contributed by atoms with E-state index in [9.17, 15) is 18.0 Å². The fourth-order valence-electron chi connectivity index (χ4n) is 2.09. The lowest BCUT2D eigenvalue weighted by Gasteiger charge is -2.22. The molecule has 0 saturated carbocycles. The summed E-state index contributed by atoms with van der Waals surface area (Å²) in [5.74, 6) is -0.272. The predicted molar refractivity (Wildman–Crippen MR) is 70.7 cm³/mol. The van der Waals surface area contributed by atoms with Crippen molar-refractivity contribution in [2.24, 2.45) is 0 Å². The number of hydrogen-bond donors (Lipinski definition) is 2. The Labute approximate surface area is 119 Å². The summed E-state index contributed by atoms with van der Waals surface area (Å²) in [5, 5.41) is 5.50. The molecule has 20 heavy (non-hydrogen) atoms. The molecule has 110 valence electrons. The number of anilines is 1. The molecule has 0 spiro atoms. The maximum absolute atomic E-state index is 12.5. The Kier molecular flexibility index (Phi) is 4.55. The van der Waals surface area contributed by atoms with Gasteiger partial charge >= 0.3 is 6.18 Å². The topological polar surface area (TPSA) is 41.1 Å². The molecule has 1 aliphatic rings. The summed E-state index contributed by atoms with van der Waals surface area (Å²) in [6.07, 6.45) is -1.77. The highest BCUT2D eigenvalue weighted by atomic mass is 35.5. The molecular formula is C13H14ClF3N2O. The second kappa shape index (κ2) is 6.01. The van der Waals surface area contributed by atoms with Crippen molar-refractivity contribution < 1.29 is 18.0 Å². The second-order valence-electron chi connectivity index (χ2n) is 4.68. The van der Waals surface area contributed by atoms with Crippen LogP contribution >= 0.6 is 11.6 Å². The number of halogens is 4. The van der Waals surface area contributed by atoms with Gasteiger partial charge in [-0.05, 0) is 37.6 Å². The normalized spacial score (nSPS) is 19.7. The fraction of sp³-hybridized carbons (Fsp3) is 0.462. The van der Waals surface area contributed by atoms with Crippen LogP contribution in [-0.4, -0.2) is 18.5 Å². The van der Waals surface area contributed by atoms with Crippen molar-refractivity contribution in [1.82, 2.24) is 5.32 Å². The van der Waals surface area contributed by atoms with Crippen molar-refractivity contribution in [2.45, 2.75) is 31.5 Å². The highest BCUT2D eigenvalue weighted by Crippen LogP contribution is 2.33. The SMILES string of the molecule is O=C(Nc1ccc(C(F)(F)F)cc1Cl)[C@@H]1CCCCN1. The van der Waals surface area contributed by atoms with Gasteiger partial charge in [0.15, 0.2) is 0 Å². The largest absolute Gasteiger partial charge is 0.416 e. The van der Waals surface area contributed by atoms with Crippen LogP contribution in [0.1, 0.15) is 24.8 Å². The quantitative estimate of drug-likeness (QED) is 0.879. The Balaban J connectivity index is 2.08. The number of hydrogen-bond acceptors (Lipinski definition) is 2. The number of rotatable bonds is 2. The molecule has 7 heteroatoms. The van der Waals surface area contributed by atoms with Crippen molar-refractivity contribution in [2.75, 3.05) is 11.9 Å². The molecule has 1 amide bonds. The summed E-state index contributed by atoms with van der Waals surface area (Å²) in [6.45, 7) is 0.763. The van der Waals surface area contributed by atoms with Crippen molar-refractivity contribution in [1.29, 1.82) is 0 Å². The van der Waals surface area contributed by atoms with E-state index < -0.39 is 11.7 Å². The summed E-state index contributed by atoms with van der Waals surface area (Å²) in [5.41, 5.74) is -0.645. The Morgan fingerprint density at radius 1 is 1.35 bits per heavy atom. The lowest BCUT2D eigenvalue weighted by molar-refractivity contribution is -0.137. The molecular weight excluding hydrogens is 293 g/mol. The van der Waals surface area contributed by atoms with Crippen LogP contribution in [0, 0.1) is 0 Å². The van der Waals surface area contributed by atoms with Crippen LogP contribution in [0.5, 0.6) is 0 Å². The first kappa shape index (κ1) is 15.1. The molecule has 1 aromatic rings. The lowest BCUT2D eigenvalue weighted by Crippen LogP contribution is -2.43. The van der Waals surface area contributed by atoms with Gasteiger partial charge in [0.2, 0.25) is 5.91 Å². The van der Waals surface area contributed by atoms with E-state index in [0.717, 1.165) is 31.5 Å². The molecule has 0 aromatic heterocycles. The minimum absolute atomic E-state index is 0.121. The maximum atomic E-state index is 12.5. The third kappa shape index (κ3) is 3.64.